The third-order valence-corrected chi connectivity index (χ3v) is 11.3. The number of rotatable bonds is 4. The Balaban J connectivity index is 1.21. The van der Waals surface area contributed by atoms with Crippen LogP contribution in [0.1, 0.15) is 82.6 Å². The number of hydrogen-bond donors (Lipinski definition) is 1. The van der Waals surface area contributed by atoms with Gasteiger partial charge in [-0.3, -0.25) is 9.78 Å². The summed E-state index contributed by atoms with van der Waals surface area (Å²) in [6, 6.07) is 6.56. The van der Waals surface area contributed by atoms with E-state index in [1.165, 1.54) is 37.8 Å². The molecule has 35 heavy (non-hydrogen) atoms. The van der Waals surface area contributed by atoms with Crippen molar-refractivity contribution < 1.29 is 4.79 Å². The minimum absolute atomic E-state index is 0.115. The van der Waals surface area contributed by atoms with E-state index in [-0.39, 0.29) is 17.4 Å². The molecule has 1 unspecified atom stereocenters. The van der Waals surface area contributed by atoms with E-state index in [0.717, 1.165) is 29.1 Å². The number of amides is 1. The first-order chi connectivity index (χ1) is 16.8. The lowest BCUT2D eigenvalue weighted by Crippen LogP contribution is -2.59. The Hall–Kier alpha value is -2.21. The van der Waals surface area contributed by atoms with Gasteiger partial charge in [0, 0.05) is 36.0 Å². The molecule has 1 aliphatic heterocycles. The molecule has 0 spiro atoms. The zero-order valence-electron chi connectivity index (χ0n) is 21.4. The van der Waals surface area contributed by atoms with Crippen molar-refractivity contribution in [1.29, 1.82) is 0 Å². The third kappa shape index (κ3) is 3.58. The summed E-state index contributed by atoms with van der Waals surface area (Å²) in [7, 11) is 2.01. The van der Waals surface area contributed by atoms with E-state index < -0.39 is 0 Å². The summed E-state index contributed by atoms with van der Waals surface area (Å²) in [5, 5.41) is 6.89. The molecule has 3 aliphatic carbocycles. The topological polar surface area (TPSA) is 58.1 Å². The predicted octanol–water partition coefficient (Wildman–Crippen LogP) is 6.43. The Bertz CT molecular complexity index is 1130. The molecule has 3 heterocycles. The summed E-state index contributed by atoms with van der Waals surface area (Å²) < 4.78 is 0. The third-order valence-electron chi connectivity index (χ3n) is 10.5. The van der Waals surface area contributed by atoms with Crippen LogP contribution in [0, 0.1) is 28.6 Å². The number of carbonyl (C=O) groups is 1. The van der Waals surface area contributed by atoms with Crippen LogP contribution in [0.3, 0.4) is 0 Å². The molecule has 0 saturated heterocycles. The number of carbonyl (C=O) groups excluding carboxylic acids is 1. The highest BCUT2D eigenvalue weighted by atomic mass is 32.1. The van der Waals surface area contributed by atoms with Crippen molar-refractivity contribution in [2.75, 3.05) is 12.4 Å². The van der Waals surface area contributed by atoms with Crippen LogP contribution < -0.4 is 5.32 Å². The second-order valence-electron chi connectivity index (χ2n) is 12.0. The van der Waals surface area contributed by atoms with Gasteiger partial charge in [0.05, 0.1) is 17.4 Å². The first-order valence-corrected chi connectivity index (χ1v) is 14.3. The summed E-state index contributed by atoms with van der Waals surface area (Å²) in [5.74, 6) is 2.91. The number of hydrogen-bond acceptors (Lipinski definition) is 5. The van der Waals surface area contributed by atoms with E-state index in [0.29, 0.717) is 23.3 Å². The summed E-state index contributed by atoms with van der Waals surface area (Å²) in [5.41, 5.74) is 2.77. The predicted molar refractivity (Wildman–Crippen MR) is 141 cm³/mol. The van der Waals surface area contributed by atoms with Crippen molar-refractivity contribution in [3.63, 3.8) is 0 Å². The molecule has 3 fully saturated rings. The van der Waals surface area contributed by atoms with Crippen molar-refractivity contribution in [1.82, 2.24) is 14.9 Å². The molecule has 186 valence electrons. The smallest absolute Gasteiger partial charge is 0.246 e. The molecule has 8 atom stereocenters. The van der Waals surface area contributed by atoms with Gasteiger partial charge in [0.2, 0.25) is 5.91 Å². The molecule has 0 bridgehead atoms. The fourth-order valence-corrected chi connectivity index (χ4v) is 9.48. The lowest BCUT2D eigenvalue weighted by Gasteiger charge is -2.60. The Morgan fingerprint density at radius 3 is 2.80 bits per heavy atom. The molecule has 3 saturated carbocycles. The molecule has 1 N–H and O–H groups in total. The number of thiazole rings is 1. The molecular weight excluding hydrogens is 452 g/mol. The maximum absolute atomic E-state index is 12.4. The second kappa shape index (κ2) is 8.43. The van der Waals surface area contributed by atoms with Crippen LogP contribution in [0.15, 0.2) is 41.9 Å². The highest BCUT2D eigenvalue weighted by Gasteiger charge is 2.60. The Kier molecular flexibility index (Phi) is 5.59. The van der Waals surface area contributed by atoms with Crippen LogP contribution in [0.2, 0.25) is 0 Å². The molecule has 6 heteroatoms. The number of likely N-dealkylation sites (N-methyl/N-ethyl adjacent to an activating group) is 1. The Labute approximate surface area is 213 Å². The van der Waals surface area contributed by atoms with Crippen molar-refractivity contribution in [2.24, 2.45) is 28.6 Å². The average molecular weight is 491 g/mol. The minimum atomic E-state index is 0.115. The van der Waals surface area contributed by atoms with Crippen LogP contribution in [0.25, 0.3) is 0 Å². The number of aromatic nitrogens is 2. The summed E-state index contributed by atoms with van der Waals surface area (Å²) in [6.07, 6.45) is 13.5. The van der Waals surface area contributed by atoms with Gasteiger partial charge in [-0.1, -0.05) is 26.0 Å². The van der Waals surface area contributed by atoms with Gasteiger partial charge in [-0.25, -0.2) is 4.98 Å². The van der Waals surface area contributed by atoms with Crippen LogP contribution in [0.4, 0.5) is 5.13 Å². The summed E-state index contributed by atoms with van der Waals surface area (Å²) >= 11 is 1.74. The molecule has 1 amide bonds. The molecule has 0 radical (unpaired) electrons. The number of fused-ring (bicyclic) bond motifs is 5. The molecule has 0 aromatic carbocycles. The van der Waals surface area contributed by atoms with Gasteiger partial charge in [-0.2, -0.15) is 0 Å². The van der Waals surface area contributed by atoms with E-state index in [2.05, 4.69) is 48.6 Å². The quantitative estimate of drug-likeness (QED) is 0.536. The van der Waals surface area contributed by atoms with Crippen molar-refractivity contribution >= 4 is 22.4 Å². The summed E-state index contributed by atoms with van der Waals surface area (Å²) in [6.45, 7) is 7.15. The molecule has 4 aliphatic rings. The SMILES string of the molecule is CC(Nc1nc([C@H]2CC[C@H]3[C@@H]4CC[C@H]5N(C)C(=O)C=C[C@]5(C)[C@H]4CC[C@]23C)cs1)c1ccccn1. The van der Waals surface area contributed by atoms with E-state index >= 15 is 0 Å². The maximum atomic E-state index is 12.4. The number of nitrogens with one attached hydrogen (secondary N) is 1. The Morgan fingerprint density at radius 1 is 1.14 bits per heavy atom. The zero-order valence-corrected chi connectivity index (χ0v) is 22.2. The summed E-state index contributed by atoms with van der Waals surface area (Å²) in [4.78, 5) is 24.0. The Morgan fingerprint density at radius 2 is 2.00 bits per heavy atom. The molecule has 6 rings (SSSR count). The number of anilines is 1. The van der Waals surface area contributed by atoms with Gasteiger partial charge in [0.1, 0.15) is 0 Å². The van der Waals surface area contributed by atoms with Crippen molar-refractivity contribution in [2.45, 2.75) is 77.3 Å². The molecule has 2 aromatic rings. The van der Waals surface area contributed by atoms with Crippen LogP contribution >= 0.6 is 11.3 Å². The highest BCUT2D eigenvalue weighted by molar-refractivity contribution is 7.13. The van der Waals surface area contributed by atoms with Gasteiger partial charge in [-0.15, -0.1) is 11.3 Å². The van der Waals surface area contributed by atoms with Gasteiger partial charge in [-0.05, 0) is 86.8 Å². The first kappa shape index (κ1) is 23.2. The highest BCUT2D eigenvalue weighted by Crippen LogP contribution is 2.67. The van der Waals surface area contributed by atoms with Gasteiger partial charge in [0.15, 0.2) is 5.13 Å². The minimum Gasteiger partial charge on any atom is -0.353 e. The zero-order chi connectivity index (χ0) is 24.4. The van der Waals surface area contributed by atoms with Gasteiger partial charge in [0.25, 0.3) is 0 Å². The van der Waals surface area contributed by atoms with Crippen LogP contribution in [0.5, 0.6) is 0 Å². The van der Waals surface area contributed by atoms with Gasteiger partial charge < -0.3 is 10.2 Å². The molecule has 2 aromatic heterocycles. The van der Waals surface area contributed by atoms with E-state index in [1.54, 1.807) is 11.3 Å². The van der Waals surface area contributed by atoms with Crippen LogP contribution in [-0.4, -0.2) is 33.9 Å². The maximum Gasteiger partial charge on any atom is 0.246 e. The van der Waals surface area contributed by atoms with E-state index in [4.69, 9.17) is 4.98 Å². The number of nitrogens with zero attached hydrogens (tertiary/aromatic N) is 3. The largest absolute Gasteiger partial charge is 0.353 e. The second-order valence-corrected chi connectivity index (χ2v) is 12.8. The molecular formula is C29H38N4OS. The van der Waals surface area contributed by atoms with Crippen molar-refractivity contribution in [3.05, 3.63) is 53.3 Å². The van der Waals surface area contributed by atoms with Crippen LogP contribution in [-0.2, 0) is 4.79 Å². The normalized spacial score (nSPS) is 39.0. The lowest BCUT2D eigenvalue weighted by atomic mass is 9.47. The fourth-order valence-electron chi connectivity index (χ4n) is 8.63. The van der Waals surface area contributed by atoms with E-state index in [9.17, 15) is 4.79 Å². The lowest BCUT2D eigenvalue weighted by molar-refractivity contribution is -0.138. The van der Waals surface area contributed by atoms with Crippen molar-refractivity contribution in [3.8, 4) is 0 Å². The van der Waals surface area contributed by atoms with Gasteiger partial charge >= 0.3 is 0 Å². The standard InChI is InChI=1S/C29H38N4OS/c1-18(23-7-5-6-16-30-23)31-27-32-24(17-35-27)22-10-9-20-19-8-11-25-29(3,15-13-26(34)33(25)4)21(19)12-14-28(20,22)2/h5-7,13,15-22,25H,8-12,14H2,1-4H3,(H,31,32)/t18?,19-,20-,21-,22+,25+,28-,29+/m0/s1. The monoisotopic (exact) mass is 490 g/mol. The average Bonchev–Trinajstić information content (AvgIpc) is 3.45. The first-order valence-electron chi connectivity index (χ1n) is 13.4. The number of pyridine rings is 1. The van der Waals surface area contributed by atoms with E-state index in [1.807, 2.05) is 36.4 Å². The fraction of sp³-hybridized carbons (Fsp3) is 0.621. The molecule has 5 nitrogen and oxygen atoms in total.